The molecule has 6 nitrogen and oxygen atoms in total. The van der Waals surface area contributed by atoms with E-state index in [4.69, 9.17) is 4.42 Å². The fourth-order valence-electron chi connectivity index (χ4n) is 3.89. The molecule has 8 heteroatoms. The third-order valence-corrected chi connectivity index (χ3v) is 5.68. The van der Waals surface area contributed by atoms with Crippen molar-refractivity contribution in [2.24, 2.45) is 0 Å². The second kappa shape index (κ2) is 10.0. The number of nitrogens with zero attached hydrogens (tertiary/aromatic N) is 1. The summed E-state index contributed by atoms with van der Waals surface area (Å²) in [6.45, 7) is 0.684. The Hall–Kier alpha value is -3.78. The van der Waals surface area contributed by atoms with E-state index in [2.05, 4.69) is 15.0 Å². The van der Waals surface area contributed by atoms with Crippen molar-refractivity contribution >= 4 is 17.1 Å². The van der Waals surface area contributed by atoms with E-state index >= 15 is 0 Å². The molecule has 4 rings (SSSR count). The van der Waals surface area contributed by atoms with E-state index in [1.165, 1.54) is 6.07 Å². The molecule has 0 amide bonds. The van der Waals surface area contributed by atoms with Gasteiger partial charge in [-0.2, -0.15) is 8.78 Å². The minimum absolute atomic E-state index is 0.0213. The van der Waals surface area contributed by atoms with E-state index < -0.39 is 18.6 Å². The lowest BCUT2D eigenvalue weighted by molar-refractivity contribution is -0.139. The molecule has 3 aromatic carbocycles. The molecule has 1 atom stereocenters. The minimum atomic E-state index is -3.04. The van der Waals surface area contributed by atoms with E-state index in [-0.39, 0.29) is 12.3 Å². The Morgan fingerprint density at radius 2 is 1.85 bits per heavy atom. The number of hydrogen-bond acceptors (Lipinski definition) is 5. The van der Waals surface area contributed by atoms with Crippen molar-refractivity contribution in [2.75, 3.05) is 0 Å². The van der Waals surface area contributed by atoms with Gasteiger partial charge in [-0.3, -0.25) is 4.79 Å². The van der Waals surface area contributed by atoms with Crippen LogP contribution in [0, 0.1) is 6.92 Å². The Balaban J connectivity index is 1.73. The van der Waals surface area contributed by atoms with Crippen molar-refractivity contribution < 1.29 is 27.8 Å². The quantitative estimate of drug-likeness (QED) is 0.314. The van der Waals surface area contributed by atoms with Gasteiger partial charge in [-0.15, -0.1) is 0 Å². The van der Waals surface area contributed by atoms with Gasteiger partial charge in [-0.05, 0) is 42.2 Å². The second-order valence-corrected chi connectivity index (χ2v) is 7.85. The van der Waals surface area contributed by atoms with E-state index in [0.29, 0.717) is 29.0 Å². The molecule has 0 aliphatic heterocycles. The van der Waals surface area contributed by atoms with Crippen LogP contribution in [0.5, 0.6) is 5.75 Å². The van der Waals surface area contributed by atoms with Crippen molar-refractivity contribution in [2.45, 2.75) is 39.5 Å². The first-order valence-electron chi connectivity index (χ1n) is 10.9. The average molecular weight is 466 g/mol. The summed E-state index contributed by atoms with van der Waals surface area (Å²) in [5, 5.41) is 12.1. The lowest BCUT2D eigenvalue weighted by atomic mass is 9.96. The zero-order chi connectivity index (χ0) is 24.2. The molecule has 0 aliphatic carbocycles. The predicted molar refractivity (Wildman–Crippen MR) is 125 cm³/mol. The maximum absolute atomic E-state index is 13.0. The molecule has 0 saturated carbocycles. The molecule has 0 saturated heterocycles. The number of alkyl halides is 2. The van der Waals surface area contributed by atoms with Crippen molar-refractivity contribution in [3.05, 3.63) is 71.8 Å². The van der Waals surface area contributed by atoms with Crippen LogP contribution in [0.15, 0.2) is 65.1 Å². The topological polar surface area (TPSA) is 84.6 Å². The first kappa shape index (κ1) is 23.4. The molecule has 4 aromatic rings. The van der Waals surface area contributed by atoms with Crippen LogP contribution >= 0.6 is 0 Å². The molecule has 0 fully saturated rings. The average Bonchev–Trinajstić information content (AvgIpc) is 3.22. The third kappa shape index (κ3) is 4.92. The number of carbonyl (C=O) groups is 1. The number of carboxylic acids is 1. The van der Waals surface area contributed by atoms with Crippen LogP contribution in [0.4, 0.5) is 8.78 Å². The monoisotopic (exact) mass is 466 g/mol. The summed E-state index contributed by atoms with van der Waals surface area (Å²) in [6, 6.07) is 17.9. The molecule has 1 heterocycles. The lowest BCUT2D eigenvalue weighted by Gasteiger charge is -2.15. The molecule has 0 radical (unpaired) electrons. The van der Waals surface area contributed by atoms with Gasteiger partial charge in [0.05, 0.1) is 0 Å². The second-order valence-electron chi connectivity index (χ2n) is 7.85. The van der Waals surface area contributed by atoms with Gasteiger partial charge in [0.2, 0.25) is 5.89 Å². The van der Waals surface area contributed by atoms with Gasteiger partial charge in [0.25, 0.3) is 0 Å². The molecule has 0 spiro atoms. The minimum Gasteiger partial charge on any atom is -0.480 e. The maximum atomic E-state index is 13.0. The summed E-state index contributed by atoms with van der Waals surface area (Å²) in [4.78, 5) is 15.9. The van der Waals surface area contributed by atoms with Crippen LogP contribution in [0.1, 0.15) is 24.5 Å². The number of aliphatic carboxylic acids is 1. The Bertz CT molecular complexity index is 1310. The number of benzene rings is 3. The van der Waals surface area contributed by atoms with E-state index in [0.717, 1.165) is 22.3 Å². The van der Waals surface area contributed by atoms with Crippen LogP contribution in [0.3, 0.4) is 0 Å². The standard InChI is InChI=1S/C26H24F2N2O4/c1-3-20(25(31)32)29-14-17-12-21-23(13-22(17)34-26(27)28)33-24(30-21)19-11-7-10-18(15(19)2)16-8-5-4-6-9-16/h4-13,20,26,29H,3,14H2,1-2H3,(H,31,32)/t20-/m0/s1. The van der Waals surface area contributed by atoms with Crippen LogP contribution in [0.2, 0.25) is 0 Å². The van der Waals surface area contributed by atoms with Crippen LogP contribution in [0.25, 0.3) is 33.7 Å². The summed E-state index contributed by atoms with van der Waals surface area (Å²) >= 11 is 0. The molecular formula is C26H24F2N2O4. The van der Waals surface area contributed by atoms with Gasteiger partial charge >= 0.3 is 12.6 Å². The highest BCUT2D eigenvalue weighted by Gasteiger charge is 2.20. The first-order chi connectivity index (χ1) is 16.4. The fraction of sp³-hybridized carbons (Fsp3) is 0.231. The Labute approximate surface area is 195 Å². The molecule has 1 aromatic heterocycles. The maximum Gasteiger partial charge on any atom is 0.387 e. The number of aromatic nitrogens is 1. The predicted octanol–water partition coefficient (Wildman–Crippen LogP) is 6.02. The van der Waals surface area contributed by atoms with Crippen LogP contribution in [-0.4, -0.2) is 28.7 Å². The normalized spacial score (nSPS) is 12.3. The van der Waals surface area contributed by atoms with Gasteiger partial charge in [0.15, 0.2) is 5.58 Å². The van der Waals surface area contributed by atoms with Crippen molar-refractivity contribution in [1.29, 1.82) is 0 Å². The number of carboxylic acid groups (broad SMARTS) is 1. The van der Waals surface area contributed by atoms with Gasteiger partial charge in [-0.1, -0.05) is 49.4 Å². The van der Waals surface area contributed by atoms with Gasteiger partial charge in [0.1, 0.15) is 17.3 Å². The highest BCUT2D eigenvalue weighted by atomic mass is 19.3. The largest absolute Gasteiger partial charge is 0.480 e. The Morgan fingerprint density at radius 3 is 2.53 bits per heavy atom. The Kier molecular flexibility index (Phi) is 6.88. The smallest absolute Gasteiger partial charge is 0.387 e. The lowest BCUT2D eigenvalue weighted by Crippen LogP contribution is -2.35. The number of fused-ring (bicyclic) bond motifs is 1. The number of rotatable bonds is 9. The number of halogens is 2. The van der Waals surface area contributed by atoms with Crippen molar-refractivity contribution in [3.8, 4) is 28.3 Å². The molecule has 0 unspecified atom stereocenters. The molecule has 0 aliphatic rings. The number of oxazole rings is 1. The zero-order valence-electron chi connectivity index (χ0n) is 18.7. The molecule has 34 heavy (non-hydrogen) atoms. The first-order valence-corrected chi connectivity index (χ1v) is 10.9. The van der Waals surface area contributed by atoms with Gasteiger partial charge < -0.3 is 19.6 Å². The molecule has 0 bridgehead atoms. The van der Waals surface area contributed by atoms with E-state index in [1.54, 1.807) is 13.0 Å². The van der Waals surface area contributed by atoms with Crippen LogP contribution < -0.4 is 10.1 Å². The molecule has 176 valence electrons. The zero-order valence-corrected chi connectivity index (χ0v) is 18.7. The van der Waals surface area contributed by atoms with E-state index in [1.807, 2.05) is 55.5 Å². The molecular weight excluding hydrogens is 442 g/mol. The van der Waals surface area contributed by atoms with Gasteiger partial charge in [0, 0.05) is 23.7 Å². The Morgan fingerprint density at radius 1 is 1.12 bits per heavy atom. The number of nitrogens with one attached hydrogen (secondary N) is 1. The van der Waals surface area contributed by atoms with Crippen molar-refractivity contribution in [1.82, 2.24) is 10.3 Å². The summed E-state index contributed by atoms with van der Waals surface area (Å²) in [5.41, 5.74) is 4.96. The fourth-order valence-corrected chi connectivity index (χ4v) is 3.89. The third-order valence-electron chi connectivity index (χ3n) is 5.68. The summed E-state index contributed by atoms with van der Waals surface area (Å²) in [6.07, 6.45) is 0.341. The highest BCUT2D eigenvalue weighted by Crippen LogP contribution is 2.35. The van der Waals surface area contributed by atoms with E-state index in [9.17, 15) is 18.7 Å². The summed E-state index contributed by atoms with van der Waals surface area (Å²) in [7, 11) is 0. The van der Waals surface area contributed by atoms with Gasteiger partial charge in [-0.25, -0.2) is 4.98 Å². The molecule has 2 N–H and O–H groups in total. The number of ether oxygens (including phenoxy) is 1. The number of hydrogen-bond donors (Lipinski definition) is 2. The SMILES string of the molecule is CC[C@H](NCc1cc2nc(-c3cccc(-c4ccccc4)c3C)oc2cc1OC(F)F)C(=O)O. The highest BCUT2D eigenvalue weighted by molar-refractivity contribution is 5.82. The summed E-state index contributed by atoms with van der Waals surface area (Å²) in [5.74, 6) is -0.750. The summed E-state index contributed by atoms with van der Waals surface area (Å²) < 4.78 is 36.7. The van der Waals surface area contributed by atoms with Crippen LogP contribution in [-0.2, 0) is 11.3 Å². The van der Waals surface area contributed by atoms with Crippen molar-refractivity contribution in [3.63, 3.8) is 0 Å².